The summed E-state index contributed by atoms with van der Waals surface area (Å²) < 4.78 is 16.4. The highest BCUT2D eigenvalue weighted by Gasteiger charge is 2.22. The molecule has 180 valence electrons. The molecule has 1 unspecified atom stereocenters. The number of carbonyl (C=O) groups excluding carboxylic acids is 2. The fraction of sp³-hybridized carbons (Fsp3) is 0.320. The van der Waals surface area contributed by atoms with Crippen LogP contribution in [-0.2, 0) is 11.3 Å². The van der Waals surface area contributed by atoms with Crippen molar-refractivity contribution in [2.75, 3.05) is 5.32 Å². The van der Waals surface area contributed by atoms with Gasteiger partial charge in [-0.15, -0.1) is 0 Å². The van der Waals surface area contributed by atoms with E-state index in [9.17, 15) is 14.0 Å². The molecule has 7 nitrogen and oxygen atoms in total. The zero-order chi connectivity index (χ0) is 24.9. The van der Waals surface area contributed by atoms with Crippen molar-refractivity contribution in [2.24, 2.45) is 10.5 Å². The highest BCUT2D eigenvalue weighted by atomic mass is 32.2. The number of thioether (sulfide) groups is 1. The van der Waals surface area contributed by atoms with Crippen LogP contribution in [0.25, 0.3) is 10.9 Å². The third-order valence-electron chi connectivity index (χ3n) is 5.06. The molecule has 0 aliphatic carbocycles. The number of halogens is 1. The minimum Gasteiger partial charge on any atom is -0.332 e. The van der Waals surface area contributed by atoms with Gasteiger partial charge in [-0.2, -0.15) is 5.10 Å². The number of hydrazone groups is 1. The number of hydrogen-bond donors (Lipinski definition) is 3. The van der Waals surface area contributed by atoms with Gasteiger partial charge in [0.25, 0.3) is 5.91 Å². The van der Waals surface area contributed by atoms with E-state index in [1.165, 1.54) is 23.9 Å². The Hall–Kier alpha value is -3.33. The molecule has 1 aliphatic rings. The maximum Gasteiger partial charge on any atom is 0.270 e. The lowest BCUT2D eigenvalue weighted by Gasteiger charge is -2.17. The highest BCUT2D eigenvalue weighted by Crippen LogP contribution is 2.27. The predicted molar refractivity (Wildman–Crippen MR) is 138 cm³/mol. The van der Waals surface area contributed by atoms with Crippen LogP contribution in [0.15, 0.2) is 65.6 Å². The molecule has 9 heteroatoms. The number of nitrogens with zero attached hydrogens (tertiary/aromatic N) is 2. The van der Waals surface area contributed by atoms with E-state index in [1.807, 2.05) is 32.9 Å². The van der Waals surface area contributed by atoms with Crippen molar-refractivity contribution in [3.8, 4) is 0 Å². The molecule has 3 rings (SSSR count). The summed E-state index contributed by atoms with van der Waals surface area (Å²) in [6, 6.07) is 7.18. The maximum atomic E-state index is 14.6. The van der Waals surface area contributed by atoms with Gasteiger partial charge in [0.15, 0.2) is 5.50 Å². The molecule has 0 saturated heterocycles. The quantitative estimate of drug-likeness (QED) is 0.445. The van der Waals surface area contributed by atoms with E-state index < -0.39 is 5.83 Å². The molecule has 1 aromatic carbocycles. The normalized spacial score (nSPS) is 16.4. The van der Waals surface area contributed by atoms with Gasteiger partial charge in [-0.3, -0.25) is 15.0 Å². The van der Waals surface area contributed by atoms with E-state index in [-0.39, 0.29) is 29.3 Å². The Bertz CT molecular complexity index is 1180. The number of allylic oxidation sites excluding steroid dienone is 5. The fourth-order valence-electron chi connectivity index (χ4n) is 3.56. The Kier molecular flexibility index (Phi) is 7.98. The van der Waals surface area contributed by atoms with E-state index in [1.54, 1.807) is 35.2 Å². The van der Waals surface area contributed by atoms with Gasteiger partial charge >= 0.3 is 0 Å². The lowest BCUT2D eigenvalue weighted by atomic mass is 9.92. The molecule has 0 saturated carbocycles. The number of rotatable bonds is 8. The average Bonchev–Trinajstić information content (AvgIpc) is 3.38. The number of anilines is 1. The molecule has 0 spiro atoms. The lowest BCUT2D eigenvalue weighted by molar-refractivity contribution is -0.117. The molecule has 0 radical (unpaired) electrons. The molecule has 0 bridgehead atoms. The second kappa shape index (κ2) is 10.7. The van der Waals surface area contributed by atoms with Crippen LogP contribution in [-0.4, -0.2) is 27.4 Å². The van der Waals surface area contributed by atoms with Crippen LogP contribution in [0.1, 0.15) is 44.6 Å². The van der Waals surface area contributed by atoms with Crippen LogP contribution in [0.2, 0.25) is 0 Å². The first-order chi connectivity index (χ1) is 16.1. The Morgan fingerprint density at radius 2 is 2.09 bits per heavy atom. The van der Waals surface area contributed by atoms with Gasteiger partial charge in [0.2, 0.25) is 5.91 Å². The van der Waals surface area contributed by atoms with Gasteiger partial charge < -0.3 is 15.2 Å². The Balaban J connectivity index is 1.97. The van der Waals surface area contributed by atoms with Crippen molar-refractivity contribution in [3.05, 3.63) is 66.2 Å². The van der Waals surface area contributed by atoms with Gasteiger partial charge in [0.05, 0.1) is 12.1 Å². The summed E-state index contributed by atoms with van der Waals surface area (Å²) in [5.41, 5.74) is 6.06. The smallest absolute Gasteiger partial charge is 0.270 e. The first-order valence-corrected chi connectivity index (χ1v) is 11.9. The summed E-state index contributed by atoms with van der Waals surface area (Å²) in [7, 11) is 0. The lowest BCUT2D eigenvalue weighted by Crippen LogP contribution is -2.39. The second-order valence-electron chi connectivity index (χ2n) is 9.09. The molecule has 0 fully saturated rings. The number of aromatic nitrogens is 1. The molecule has 1 atom stereocenters. The standard InChI is InChI=1S/C25H30FN5O2S/c1-6-8-19(26)16(7-2)14-31-20-10-9-18(28-22(32)13-25(3,4)5)11-17(20)12-21(31)23(33)29-24-30-27-15-34-24/h6-12,15,24,30H,1,13-14H2,2-5H3,(H,28,32)(H,29,33)/b16-7-,19-8+. The Morgan fingerprint density at radius 3 is 2.71 bits per heavy atom. The largest absolute Gasteiger partial charge is 0.332 e. The van der Waals surface area contributed by atoms with Gasteiger partial charge in [-0.1, -0.05) is 51.3 Å². The molecular formula is C25H30FN5O2S. The molecular weight excluding hydrogens is 453 g/mol. The average molecular weight is 484 g/mol. The Labute approximate surface area is 203 Å². The number of amides is 2. The first kappa shape index (κ1) is 25.3. The Morgan fingerprint density at radius 1 is 1.32 bits per heavy atom. The van der Waals surface area contributed by atoms with Gasteiger partial charge in [0.1, 0.15) is 11.5 Å². The van der Waals surface area contributed by atoms with Crippen LogP contribution in [0.3, 0.4) is 0 Å². The van der Waals surface area contributed by atoms with E-state index in [4.69, 9.17) is 0 Å². The molecule has 3 N–H and O–H groups in total. The number of carbonyl (C=O) groups is 2. The second-order valence-corrected chi connectivity index (χ2v) is 10.0. The topological polar surface area (TPSA) is 87.5 Å². The summed E-state index contributed by atoms with van der Waals surface area (Å²) >= 11 is 1.34. The summed E-state index contributed by atoms with van der Waals surface area (Å²) in [6.07, 6.45) is 4.73. The number of nitrogens with one attached hydrogen (secondary N) is 3. The van der Waals surface area contributed by atoms with Crippen molar-refractivity contribution >= 4 is 45.7 Å². The molecule has 1 aliphatic heterocycles. The number of fused-ring (bicyclic) bond motifs is 1. The van der Waals surface area contributed by atoms with E-state index in [0.29, 0.717) is 23.4 Å². The summed E-state index contributed by atoms with van der Waals surface area (Å²) in [5, 5.41) is 10.4. The maximum absolute atomic E-state index is 14.6. The highest BCUT2D eigenvalue weighted by molar-refractivity contribution is 8.12. The van der Waals surface area contributed by atoms with E-state index in [2.05, 4.69) is 27.7 Å². The number of hydrogen-bond acceptors (Lipinski definition) is 5. The molecule has 2 aromatic rings. The van der Waals surface area contributed by atoms with Crippen molar-refractivity contribution in [1.29, 1.82) is 0 Å². The van der Waals surface area contributed by atoms with Crippen LogP contribution >= 0.6 is 11.8 Å². The zero-order valence-electron chi connectivity index (χ0n) is 19.8. The van der Waals surface area contributed by atoms with Crippen LogP contribution in [0.4, 0.5) is 10.1 Å². The SMILES string of the molecule is C=C/C=C(F)\C(=C/C)Cn1c(C(=O)NC2NN=CS2)cc2cc(NC(=O)CC(C)(C)C)ccc21. The van der Waals surface area contributed by atoms with Gasteiger partial charge in [-0.05, 0) is 42.7 Å². The van der Waals surface area contributed by atoms with Gasteiger partial charge in [0, 0.05) is 28.6 Å². The number of benzene rings is 1. The third-order valence-corrected chi connectivity index (χ3v) is 5.78. The third kappa shape index (κ3) is 6.38. The summed E-state index contributed by atoms with van der Waals surface area (Å²) in [5.74, 6) is -0.826. The first-order valence-electron chi connectivity index (χ1n) is 10.9. The minimum atomic E-state index is -0.418. The predicted octanol–water partition coefficient (Wildman–Crippen LogP) is 5.29. The van der Waals surface area contributed by atoms with Gasteiger partial charge in [-0.25, -0.2) is 4.39 Å². The molecule has 2 amide bonds. The minimum absolute atomic E-state index is 0.0820. The van der Waals surface area contributed by atoms with Crippen LogP contribution in [0.5, 0.6) is 0 Å². The molecule has 2 heterocycles. The molecule has 34 heavy (non-hydrogen) atoms. The van der Waals surface area contributed by atoms with Crippen LogP contribution < -0.4 is 16.1 Å². The monoisotopic (exact) mass is 483 g/mol. The van der Waals surface area contributed by atoms with Crippen molar-refractivity contribution in [2.45, 2.75) is 46.2 Å². The van der Waals surface area contributed by atoms with E-state index in [0.717, 1.165) is 10.9 Å². The molecule has 1 aromatic heterocycles. The van der Waals surface area contributed by atoms with Crippen molar-refractivity contribution in [1.82, 2.24) is 15.3 Å². The van der Waals surface area contributed by atoms with Crippen molar-refractivity contribution < 1.29 is 14.0 Å². The zero-order valence-corrected chi connectivity index (χ0v) is 20.6. The summed E-state index contributed by atoms with van der Waals surface area (Å²) in [4.78, 5) is 25.5. The van der Waals surface area contributed by atoms with Crippen molar-refractivity contribution in [3.63, 3.8) is 0 Å². The van der Waals surface area contributed by atoms with Crippen LogP contribution in [0, 0.1) is 5.41 Å². The fourth-order valence-corrected chi connectivity index (χ4v) is 4.10. The summed E-state index contributed by atoms with van der Waals surface area (Å²) in [6.45, 7) is 11.5. The van der Waals surface area contributed by atoms with E-state index >= 15 is 0 Å².